The maximum absolute atomic E-state index is 13.8. The van der Waals surface area contributed by atoms with Crippen LogP contribution in [0.4, 0.5) is 0 Å². The Morgan fingerprint density at radius 3 is 2.08 bits per heavy atom. The number of carbonyl (C=O) groups is 3. The largest absolute Gasteiger partial charge is 0.490 e. The van der Waals surface area contributed by atoms with E-state index in [0.717, 1.165) is 25.7 Å². The summed E-state index contributed by atoms with van der Waals surface area (Å²) in [6.07, 6.45) is 3.63. The summed E-state index contributed by atoms with van der Waals surface area (Å²) in [6, 6.07) is 13.5. The number of hydrogen-bond donors (Lipinski definition) is 5. The monoisotopic (exact) mass is 667 g/mol. The first-order valence-electron chi connectivity index (χ1n) is 17.5. The lowest BCUT2D eigenvalue weighted by Crippen LogP contribution is -2.54. The summed E-state index contributed by atoms with van der Waals surface area (Å²) in [6.45, 7) is 9.09. The fraction of sp³-hybridized carbons (Fsp3) is 0.605. The predicted molar refractivity (Wildman–Crippen MR) is 187 cm³/mol. The molecule has 1 amide bonds. The molecule has 0 spiro atoms. The number of nitrogens with two attached hydrogens (primary N) is 2. The third-order valence-corrected chi connectivity index (χ3v) is 9.90. The first kappa shape index (κ1) is 39.1. The van der Waals surface area contributed by atoms with E-state index < -0.39 is 54.0 Å². The van der Waals surface area contributed by atoms with Crippen molar-refractivity contribution in [2.45, 2.75) is 103 Å². The minimum Gasteiger partial charge on any atom is -0.490 e. The zero-order valence-corrected chi connectivity index (χ0v) is 29.2. The molecule has 4 unspecified atom stereocenters. The lowest BCUT2D eigenvalue weighted by atomic mass is 9.73. The van der Waals surface area contributed by atoms with Crippen LogP contribution in [0.25, 0.3) is 0 Å². The summed E-state index contributed by atoms with van der Waals surface area (Å²) >= 11 is 0. The highest BCUT2D eigenvalue weighted by Crippen LogP contribution is 2.31. The van der Waals surface area contributed by atoms with Crippen molar-refractivity contribution in [1.29, 1.82) is 0 Å². The SMILES string of the molecule is CC(NC(=O)[C@H](N)[C@H](C)[C@@H](C)C(=O)C(C(C)C)C(O)C(O)[C@@H](N)CC1CCCCC1)C(=O)c1ccccc1OCCOc1ccccc1. The quantitative estimate of drug-likeness (QED) is 0.108. The molecule has 0 bridgehead atoms. The van der Waals surface area contributed by atoms with Crippen LogP contribution in [0.15, 0.2) is 54.6 Å². The maximum Gasteiger partial charge on any atom is 0.237 e. The van der Waals surface area contributed by atoms with Gasteiger partial charge in [0.2, 0.25) is 5.91 Å². The van der Waals surface area contributed by atoms with Crippen LogP contribution in [0.5, 0.6) is 11.5 Å². The Kier molecular flexibility index (Phi) is 15.5. The number of amides is 1. The Morgan fingerprint density at radius 1 is 0.833 bits per heavy atom. The molecular formula is C38H57N3O7. The van der Waals surface area contributed by atoms with Crippen LogP contribution >= 0.6 is 0 Å². The topological polar surface area (TPSA) is 174 Å². The Balaban J connectivity index is 1.57. The normalized spacial score (nSPS) is 18.9. The van der Waals surface area contributed by atoms with E-state index >= 15 is 0 Å². The predicted octanol–water partition coefficient (Wildman–Crippen LogP) is 4.29. The van der Waals surface area contributed by atoms with Crippen LogP contribution in [-0.4, -0.2) is 71.2 Å². The van der Waals surface area contributed by atoms with Gasteiger partial charge in [0, 0.05) is 17.9 Å². The maximum atomic E-state index is 13.8. The van der Waals surface area contributed by atoms with E-state index in [2.05, 4.69) is 5.32 Å². The fourth-order valence-corrected chi connectivity index (χ4v) is 6.65. The number of ether oxygens (including phenoxy) is 2. The summed E-state index contributed by atoms with van der Waals surface area (Å²) < 4.78 is 11.5. The van der Waals surface area contributed by atoms with Crippen LogP contribution in [-0.2, 0) is 9.59 Å². The van der Waals surface area contributed by atoms with Crippen molar-refractivity contribution in [2.24, 2.45) is 41.1 Å². The molecular weight excluding hydrogens is 610 g/mol. The molecule has 48 heavy (non-hydrogen) atoms. The van der Waals surface area contributed by atoms with E-state index in [9.17, 15) is 24.6 Å². The molecule has 10 nitrogen and oxygen atoms in total. The van der Waals surface area contributed by atoms with Gasteiger partial charge in [0.1, 0.15) is 30.5 Å². The van der Waals surface area contributed by atoms with E-state index in [4.69, 9.17) is 20.9 Å². The number of para-hydroxylation sites is 2. The molecule has 266 valence electrons. The Bertz CT molecular complexity index is 1300. The average Bonchev–Trinajstić information content (AvgIpc) is 3.09. The van der Waals surface area contributed by atoms with Crippen LogP contribution in [0.2, 0.25) is 0 Å². The van der Waals surface area contributed by atoms with Crippen LogP contribution < -0.4 is 26.3 Å². The Morgan fingerprint density at radius 2 is 1.44 bits per heavy atom. The molecule has 0 aliphatic heterocycles. The van der Waals surface area contributed by atoms with Crippen LogP contribution in [0.1, 0.15) is 83.5 Å². The van der Waals surface area contributed by atoms with Gasteiger partial charge >= 0.3 is 0 Å². The van der Waals surface area contributed by atoms with Gasteiger partial charge in [0.15, 0.2) is 5.78 Å². The number of nitrogens with one attached hydrogen (secondary N) is 1. The third kappa shape index (κ3) is 10.9. The number of carbonyl (C=O) groups excluding carboxylic acids is 3. The highest BCUT2D eigenvalue weighted by molar-refractivity contribution is 6.04. The third-order valence-electron chi connectivity index (χ3n) is 9.90. The molecule has 1 saturated carbocycles. The number of hydrogen-bond acceptors (Lipinski definition) is 9. The van der Waals surface area contributed by atoms with Gasteiger partial charge in [-0.05, 0) is 55.4 Å². The number of rotatable bonds is 19. The van der Waals surface area contributed by atoms with E-state index in [0.29, 0.717) is 29.4 Å². The minimum absolute atomic E-state index is 0.212. The molecule has 1 aliphatic carbocycles. The first-order valence-corrected chi connectivity index (χ1v) is 17.5. The summed E-state index contributed by atoms with van der Waals surface area (Å²) in [4.78, 5) is 40.4. The number of aliphatic hydroxyl groups is 2. The molecule has 0 aromatic heterocycles. The van der Waals surface area contributed by atoms with Gasteiger partial charge in [-0.3, -0.25) is 14.4 Å². The van der Waals surface area contributed by atoms with Crippen molar-refractivity contribution < 1.29 is 34.1 Å². The second-order valence-corrected chi connectivity index (χ2v) is 13.8. The lowest BCUT2D eigenvalue weighted by Gasteiger charge is -2.36. The number of benzene rings is 2. The molecule has 1 aliphatic rings. The Hall–Kier alpha value is -3.31. The molecule has 0 saturated heterocycles. The van der Waals surface area contributed by atoms with E-state index in [1.807, 2.05) is 44.2 Å². The van der Waals surface area contributed by atoms with Gasteiger partial charge in [-0.15, -0.1) is 0 Å². The van der Waals surface area contributed by atoms with Crippen molar-refractivity contribution in [3.8, 4) is 11.5 Å². The first-order chi connectivity index (χ1) is 22.8. The van der Waals surface area contributed by atoms with E-state index in [-0.39, 0.29) is 30.7 Å². The van der Waals surface area contributed by atoms with E-state index in [1.165, 1.54) is 6.42 Å². The smallest absolute Gasteiger partial charge is 0.237 e. The molecule has 7 N–H and O–H groups in total. The lowest BCUT2D eigenvalue weighted by molar-refractivity contribution is -0.139. The van der Waals surface area contributed by atoms with Crippen LogP contribution in [0.3, 0.4) is 0 Å². The molecule has 8 atom stereocenters. The molecule has 2 aromatic carbocycles. The number of aliphatic hydroxyl groups excluding tert-OH is 2. The van der Waals surface area contributed by atoms with Gasteiger partial charge < -0.3 is 36.5 Å². The summed E-state index contributed by atoms with van der Waals surface area (Å²) in [5.41, 5.74) is 13.0. The van der Waals surface area contributed by atoms with E-state index in [1.54, 1.807) is 45.0 Å². The zero-order chi connectivity index (χ0) is 35.4. The molecule has 0 radical (unpaired) electrons. The van der Waals surface area contributed by atoms with Crippen molar-refractivity contribution >= 4 is 17.5 Å². The van der Waals surface area contributed by atoms with Gasteiger partial charge in [-0.2, -0.15) is 0 Å². The standard InChI is InChI=1S/C38H57N3O7/c1-23(2)32(37(45)36(44)30(39)22-27-14-8-6-9-15-27)34(42)25(4)24(3)33(40)38(46)41-26(5)35(43)29-18-12-13-19-31(29)48-21-20-47-28-16-10-7-11-17-28/h7,10-13,16-19,23-27,30,32-33,36-37,44-45H,6,8-9,14-15,20-22,39-40H2,1-5H3,(H,41,46)/t24-,25-,26?,30+,32?,33-,36?,37?/m1/s1. The molecule has 1 fully saturated rings. The molecule has 0 heterocycles. The van der Waals surface area contributed by atoms with Gasteiger partial charge in [-0.25, -0.2) is 0 Å². The highest BCUT2D eigenvalue weighted by atomic mass is 16.5. The van der Waals surface area contributed by atoms with Crippen molar-refractivity contribution in [3.05, 3.63) is 60.2 Å². The van der Waals surface area contributed by atoms with Gasteiger partial charge in [0.25, 0.3) is 0 Å². The number of ketones is 2. The molecule has 10 heteroatoms. The highest BCUT2D eigenvalue weighted by Gasteiger charge is 2.41. The second-order valence-electron chi connectivity index (χ2n) is 13.8. The van der Waals surface area contributed by atoms with Gasteiger partial charge in [0.05, 0.1) is 29.9 Å². The average molecular weight is 668 g/mol. The Labute approximate surface area is 286 Å². The van der Waals surface area contributed by atoms with Crippen molar-refractivity contribution in [1.82, 2.24) is 5.32 Å². The van der Waals surface area contributed by atoms with Gasteiger partial charge in [-0.1, -0.05) is 90.1 Å². The number of Topliss-reactive ketones (excluding diaryl/α,β-unsaturated/α-hetero) is 2. The zero-order valence-electron chi connectivity index (χ0n) is 29.2. The van der Waals surface area contributed by atoms with Crippen molar-refractivity contribution in [3.63, 3.8) is 0 Å². The summed E-state index contributed by atoms with van der Waals surface area (Å²) in [5, 5.41) is 24.9. The molecule has 2 aromatic rings. The summed E-state index contributed by atoms with van der Waals surface area (Å²) in [5.74, 6) is -2.23. The summed E-state index contributed by atoms with van der Waals surface area (Å²) in [7, 11) is 0. The minimum atomic E-state index is -1.35. The fourth-order valence-electron chi connectivity index (χ4n) is 6.65. The van der Waals surface area contributed by atoms with Crippen LogP contribution in [0, 0.1) is 29.6 Å². The van der Waals surface area contributed by atoms with Crippen molar-refractivity contribution in [2.75, 3.05) is 13.2 Å². The second kappa shape index (κ2) is 19.0. The molecule has 3 rings (SSSR count).